The number of hydrogen-bond acceptors (Lipinski definition) is 4. The summed E-state index contributed by atoms with van der Waals surface area (Å²) in [5.74, 6) is 0.369. The van der Waals surface area contributed by atoms with Gasteiger partial charge in [-0.1, -0.05) is 69.5 Å². The summed E-state index contributed by atoms with van der Waals surface area (Å²) >= 11 is 16.4. The molecule has 3 aromatic carbocycles. The Morgan fingerprint density at radius 1 is 1.00 bits per heavy atom. The van der Waals surface area contributed by atoms with Gasteiger partial charge in [-0.25, -0.2) is 0 Å². The molecule has 0 unspecified atom stereocenters. The Labute approximate surface area is 208 Å². The lowest BCUT2D eigenvalue weighted by Gasteiger charge is -2.12. The average molecular weight is 549 g/mol. The molecule has 162 valence electrons. The van der Waals surface area contributed by atoms with Crippen LogP contribution in [-0.4, -0.2) is 16.0 Å². The summed E-state index contributed by atoms with van der Waals surface area (Å²) in [5.41, 5.74) is 2.51. The smallest absolute Gasteiger partial charge is 0.293 e. The van der Waals surface area contributed by atoms with Crippen molar-refractivity contribution in [3.63, 3.8) is 0 Å². The first-order valence-electron chi connectivity index (χ1n) is 9.55. The minimum absolute atomic E-state index is 0.238. The number of benzene rings is 3. The van der Waals surface area contributed by atoms with Crippen LogP contribution in [0.4, 0.5) is 4.79 Å². The molecular weight excluding hydrogens is 533 g/mol. The van der Waals surface area contributed by atoms with Gasteiger partial charge >= 0.3 is 0 Å². The zero-order chi connectivity index (χ0) is 22.7. The van der Waals surface area contributed by atoms with Gasteiger partial charge in [-0.05, 0) is 65.4 Å². The number of carbonyl (C=O) groups is 2. The van der Waals surface area contributed by atoms with Crippen molar-refractivity contribution < 1.29 is 14.3 Å². The van der Waals surface area contributed by atoms with E-state index in [0.717, 1.165) is 32.9 Å². The summed E-state index contributed by atoms with van der Waals surface area (Å²) in [6.45, 7) is 0.547. The number of nitrogens with zero attached hydrogens (tertiary/aromatic N) is 1. The van der Waals surface area contributed by atoms with Gasteiger partial charge in [0, 0.05) is 20.1 Å². The number of carbonyl (C=O) groups excluding carboxylic acids is 2. The van der Waals surface area contributed by atoms with E-state index in [1.54, 1.807) is 30.3 Å². The Balaban J connectivity index is 1.41. The highest BCUT2D eigenvalue weighted by Crippen LogP contribution is 2.34. The van der Waals surface area contributed by atoms with Crippen LogP contribution in [-0.2, 0) is 17.9 Å². The molecule has 2 amide bonds. The lowest BCUT2D eigenvalue weighted by atomic mass is 10.2. The zero-order valence-corrected chi connectivity index (χ0v) is 20.5. The number of halogens is 3. The highest BCUT2D eigenvalue weighted by molar-refractivity contribution is 9.10. The van der Waals surface area contributed by atoms with Crippen LogP contribution in [0.5, 0.6) is 5.75 Å². The molecule has 32 heavy (non-hydrogen) atoms. The fourth-order valence-corrected chi connectivity index (χ4v) is 4.81. The van der Waals surface area contributed by atoms with Gasteiger partial charge in [0.05, 0.1) is 11.4 Å². The SMILES string of the molecule is O=C1S/C(=C/c2ccc(OCc3ccc(Cl)cc3Cl)cc2)C(=O)N1Cc1cccc(Br)c1. The van der Waals surface area contributed by atoms with Crippen LogP contribution < -0.4 is 4.74 Å². The van der Waals surface area contributed by atoms with E-state index < -0.39 is 0 Å². The van der Waals surface area contributed by atoms with E-state index in [1.165, 1.54) is 4.90 Å². The number of amides is 2. The number of thioether (sulfide) groups is 1. The second-order valence-electron chi connectivity index (χ2n) is 6.99. The molecule has 0 spiro atoms. The van der Waals surface area contributed by atoms with Crippen molar-refractivity contribution in [2.24, 2.45) is 0 Å². The average Bonchev–Trinajstić information content (AvgIpc) is 3.01. The Morgan fingerprint density at radius 2 is 1.78 bits per heavy atom. The van der Waals surface area contributed by atoms with Crippen molar-refractivity contribution in [2.75, 3.05) is 0 Å². The fraction of sp³-hybridized carbons (Fsp3) is 0.0833. The normalized spacial score (nSPS) is 15.0. The molecule has 4 rings (SSSR count). The topological polar surface area (TPSA) is 46.6 Å². The summed E-state index contributed by atoms with van der Waals surface area (Å²) in [6, 6.07) is 20.1. The van der Waals surface area contributed by atoms with Gasteiger partial charge in [-0.15, -0.1) is 0 Å². The lowest BCUT2D eigenvalue weighted by Crippen LogP contribution is -2.27. The van der Waals surface area contributed by atoms with E-state index in [9.17, 15) is 9.59 Å². The van der Waals surface area contributed by atoms with Gasteiger partial charge in [0.2, 0.25) is 0 Å². The summed E-state index contributed by atoms with van der Waals surface area (Å²) in [7, 11) is 0. The third-order valence-corrected chi connectivity index (χ3v) is 6.68. The monoisotopic (exact) mass is 547 g/mol. The van der Waals surface area contributed by atoms with Gasteiger partial charge in [0.15, 0.2) is 0 Å². The van der Waals surface area contributed by atoms with Gasteiger partial charge in [0.1, 0.15) is 12.4 Å². The first-order chi connectivity index (χ1) is 15.4. The molecule has 0 aromatic heterocycles. The van der Waals surface area contributed by atoms with Crippen molar-refractivity contribution in [2.45, 2.75) is 13.2 Å². The van der Waals surface area contributed by atoms with Gasteiger partial charge in [-0.3, -0.25) is 14.5 Å². The Kier molecular flexibility index (Phi) is 7.26. The number of hydrogen-bond donors (Lipinski definition) is 0. The maximum absolute atomic E-state index is 12.7. The molecule has 4 nitrogen and oxygen atoms in total. The maximum atomic E-state index is 12.7. The van der Waals surface area contributed by atoms with Crippen molar-refractivity contribution in [3.05, 3.63) is 103 Å². The highest BCUT2D eigenvalue weighted by Gasteiger charge is 2.34. The summed E-state index contributed by atoms with van der Waals surface area (Å²) < 4.78 is 6.68. The number of imide groups is 1. The van der Waals surface area contributed by atoms with Crippen LogP contribution in [0, 0.1) is 0 Å². The quantitative estimate of drug-likeness (QED) is 0.298. The van der Waals surface area contributed by atoms with Crippen LogP contribution in [0.2, 0.25) is 10.0 Å². The predicted molar refractivity (Wildman–Crippen MR) is 133 cm³/mol. The Bertz CT molecular complexity index is 1210. The molecule has 0 bridgehead atoms. The molecule has 0 atom stereocenters. The molecular formula is C24H16BrCl2NO3S. The second-order valence-corrected chi connectivity index (χ2v) is 9.74. The van der Waals surface area contributed by atoms with Crippen molar-refractivity contribution >= 4 is 68.1 Å². The van der Waals surface area contributed by atoms with Gasteiger partial charge < -0.3 is 4.74 Å². The predicted octanol–water partition coefficient (Wildman–Crippen LogP) is 7.57. The van der Waals surface area contributed by atoms with E-state index in [0.29, 0.717) is 27.3 Å². The molecule has 1 fully saturated rings. The Morgan fingerprint density at radius 3 is 2.50 bits per heavy atom. The Hall–Kier alpha value is -2.25. The van der Waals surface area contributed by atoms with Crippen LogP contribution in [0.25, 0.3) is 6.08 Å². The summed E-state index contributed by atoms with van der Waals surface area (Å²) in [4.78, 5) is 26.8. The van der Waals surface area contributed by atoms with Crippen LogP contribution >= 0.6 is 50.9 Å². The minimum Gasteiger partial charge on any atom is -0.489 e. The van der Waals surface area contributed by atoms with Crippen LogP contribution in [0.15, 0.2) is 76.1 Å². The van der Waals surface area contributed by atoms with E-state index >= 15 is 0 Å². The number of ether oxygens (including phenoxy) is 1. The van der Waals surface area contributed by atoms with Crippen LogP contribution in [0.3, 0.4) is 0 Å². The molecule has 8 heteroatoms. The summed E-state index contributed by atoms with van der Waals surface area (Å²) in [5, 5.41) is 0.845. The molecule has 1 aliphatic rings. The zero-order valence-electron chi connectivity index (χ0n) is 16.6. The van der Waals surface area contributed by atoms with Crippen molar-refractivity contribution in [1.29, 1.82) is 0 Å². The van der Waals surface area contributed by atoms with Gasteiger partial charge in [0.25, 0.3) is 11.1 Å². The molecule has 0 N–H and O–H groups in total. The van der Waals surface area contributed by atoms with Crippen molar-refractivity contribution in [1.82, 2.24) is 4.90 Å². The molecule has 0 aliphatic carbocycles. The molecule has 1 saturated heterocycles. The first kappa shape index (κ1) is 22.9. The van der Waals surface area contributed by atoms with E-state index in [4.69, 9.17) is 27.9 Å². The van der Waals surface area contributed by atoms with E-state index in [-0.39, 0.29) is 17.7 Å². The minimum atomic E-state index is -0.294. The lowest BCUT2D eigenvalue weighted by molar-refractivity contribution is -0.123. The third kappa shape index (κ3) is 5.56. The van der Waals surface area contributed by atoms with Crippen LogP contribution in [0.1, 0.15) is 16.7 Å². The standard InChI is InChI=1S/C24H16BrCl2NO3S/c25-18-3-1-2-16(10-18)13-28-23(29)22(32-24(28)30)11-15-4-8-20(9-5-15)31-14-17-6-7-19(26)12-21(17)27/h1-12H,13-14H2/b22-11+. The molecule has 0 saturated carbocycles. The molecule has 0 radical (unpaired) electrons. The first-order valence-corrected chi connectivity index (χ1v) is 11.9. The van der Waals surface area contributed by atoms with Crippen molar-refractivity contribution in [3.8, 4) is 5.75 Å². The molecule has 3 aromatic rings. The molecule has 1 heterocycles. The van der Waals surface area contributed by atoms with Gasteiger partial charge in [-0.2, -0.15) is 0 Å². The van der Waals surface area contributed by atoms with E-state index in [1.807, 2.05) is 42.5 Å². The highest BCUT2D eigenvalue weighted by atomic mass is 79.9. The maximum Gasteiger partial charge on any atom is 0.293 e. The number of rotatable bonds is 6. The summed E-state index contributed by atoms with van der Waals surface area (Å²) in [6.07, 6.45) is 1.71. The second kappa shape index (κ2) is 10.1. The fourth-order valence-electron chi connectivity index (χ4n) is 3.07. The third-order valence-electron chi connectivity index (χ3n) is 4.69. The molecule has 1 aliphatic heterocycles. The van der Waals surface area contributed by atoms with E-state index in [2.05, 4.69) is 15.9 Å². The largest absolute Gasteiger partial charge is 0.489 e.